The van der Waals surface area contributed by atoms with E-state index in [1.165, 1.54) is 17.0 Å². The molecule has 1 aromatic rings. The fourth-order valence-electron chi connectivity index (χ4n) is 2.00. The van der Waals surface area contributed by atoms with Gasteiger partial charge < -0.3 is 4.90 Å². The molecule has 6 heteroatoms. The van der Waals surface area contributed by atoms with Gasteiger partial charge in [0, 0.05) is 16.6 Å². The van der Waals surface area contributed by atoms with E-state index >= 15 is 0 Å². The number of carbonyl (C=O) groups excluding carboxylic acids is 1. The molecule has 0 aromatic heterocycles. The number of hydrogen-bond donors (Lipinski definition) is 0. The van der Waals surface area contributed by atoms with Gasteiger partial charge in [0.2, 0.25) is 0 Å². The second-order valence-corrected chi connectivity index (χ2v) is 5.88. The predicted molar refractivity (Wildman–Crippen MR) is 76.6 cm³/mol. The molecule has 1 amide bonds. The molecule has 1 aromatic carbocycles. The van der Waals surface area contributed by atoms with E-state index < -0.39 is 17.6 Å². The molecule has 1 aliphatic carbocycles. The second kappa shape index (κ2) is 6.10. The van der Waals surface area contributed by atoms with Crippen LogP contribution in [0.1, 0.15) is 28.8 Å². The summed E-state index contributed by atoms with van der Waals surface area (Å²) in [6, 6.07) is 3.47. The molecule has 0 aliphatic heterocycles. The normalized spacial score (nSPS) is 14.6. The van der Waals surface area contributed by atoms with Crippen molar-refractivity contribution in [3.63, 3.8) is 0 Å². The fourth-order valence-corrected chi connectivity index (χ4v) is 2.47. The second-order valence-electron chi connectivity index (χ2n) is 5.03. The Morgan fingerprint density at radius 2 is 2.10 bits per heavy atom. The summed E-state index contributed by atoms with van der Waals surface area (Å²) < 4.78 is 38.5. The molecule has 1 saturated carbocycles. The SMILES string of the molecule is C#CCN(CC1CC1)C(=O)c1ccc(Br)c(C(F)(F)F)c1. The Labute approximate surface area is 129 Å². The maximum absolute atomic E-state index is 12.9. The van der Waals surface area contributed by atoms with Gasteiger partial charge in [-0.15, -0.1) is 6.42 Å². The predicted octanol–water partition coefficient (Wildman–Crippen LogP) is 3.95. The highest BCUT2D eigenvalue weighted by molar-refractivity contribution is 9.10. The largest absolute Gasteiger partial charge is 0.417 e. The molecule has 0 radical (unpaired) electrons. The first kappa shape index (κ1) is 15.9. The highest BCUT2D eigenvalue weighted by Crippen LogP contribution is 2.36. The average Bonchev–Trinajstić information content (AvgIpc) is 3.20. The average molecular weight is 360 g/mol. The number of alkyl halides is 3. The van der Waals surface area contributed by atoms with Gasteiger partial charge in [0.25, 0.3) is 5.91 Å². The van der Waals surface area contributed by atoms with E-state index in [1.807, 2.05) is 0 Å². The van der Waals surface area contributed by atoms with Crippen molar-refractivity contribution in [1.82, 2.24) is 4.90 Å². The van der Waals surface area contributed by atoms with Crippen molar-refractivity contribution in [2.24, 2.45) is 5.92 Å². The molecule has 21 heavy (non-hydrogen) atoms. The molecule has 0 heterocycles. The van der Waals surface area contributed by atoms with Crippen LogP contribution in [0.4, 0.5) is 13.2 Å². The monoisotopic (exact) mass is 359 g/mol. The van der Waals surface area contributed by atoms with Gasteiger partial charge in [-0.2, -0.15) is 13.2 Å². The molecule has 0 N–H and O–H groups in total. The van der Waals surface area contributed by atoms with E-state index in [1.54, 1.807) is 0 Å². The topological polar surface area (TPSA) is 20.3 Å². The first-order chi connectivity index (χ1) is 9.82. The molecule has 0 saturated heterocycles. The first-order valence-electron chi connectivity index (χ1n) is 6.42. The van der Waals surface area contributed by atoms with Crippen molar-refractivity contribution in [2.45, 2.75) is 19.0 Å². The lowest BCUT2D eigenvalue weighted by Crippen LogP contribution is -2.33. The quantitative estimate of drug-likeness (QED) is 0.745. The maximum Gasteiger partial charge on any atom is 0.417 e. The molecule has 0 atom stereocenters. The molecule has 2 nitrogen and oxygen atoms in total. The highest BCUT2D eigenvalue weighted by atomic mass is 79.9. The standard InChI is InChI=1S/C15H13BrF3NO/c1-2-7-20(9-10-3-4-10)14(21)11-5-6-13(16)12(8-11)15(17,18)19/h1,5-6,8,10H,3-4,7,9H2. The Morgan fingerprint density at radius 3 is 2.62 bits per heavy atom. The summed E-state index contributed by atoms with van der Waals surface area (Å²) >= 11 is 2.86. The van der Waals surface area contributed by atoms with E-state index in [-0.39, 0.29) is 16.6 Å². The van der Waals surface area contributed by atoms with Gasteiger partial charge in [-0.1, -0.05) is 21.9 Å². The van der Waals surface area contributed by atoms with Gasteiger partial charge in [0.05, 0.1) is 12.1 Å². The van der Waals surface area contributed by atoms with E-state index in [0.717, 1.165) is 18.9 Å². The van der Waals surface area contributed by atoms with Crippen molar-refractivity contribution in [2.75, 3.05) is 13.1 Å². The third kappa shape index (κ3) is 4.01. The molecule has 0 unspecified atom stereocenters. The number of benzene rings is 1. The first-order valence-corrected chi connectivity index (χ1v) is 7.21. The number of rotatable bonds is 4. The van der Waals surface area contributed by atoms with Crippen molar-refractivity contribution in [3.8, 4) is 12.3 Å². The van der Waals surface area contributed by atoms with Crippen LogP contribution in [0.25, 0.3) is 0 Å². The van der Waals surface area contributed by atoms with E-state index in [0.29, 0.717) is 12.5 Å². The fraction of sp³-hybridized carbons (Fsp3) is 0.400. The zero-order chi connectivity index (χ0) is 15.6. The van der Waals surface area contributed by atoms with Crippen LogP contribution in [0.3, 0.4) is 0 Å². The zero-order valence-electron chi connectivity index (χ0n) is 11.1. The summed E-state index contributed by atoms with van der Waals surface area (Å²) in [5, 5.41) is 0. The Kier molecular flexibility index (Phi) is 4.62. The lowest BCUT2D eigenvalue weighted by molar-refractivity contribution is -0.138. The van der Waals surface area contributed by atoms with Crippen LogP contribution in [-0.2, 0) is 6.18 Å². The van der Waals surface area contributed by atoms with Crippen LogP contribution in [0.2, 0.25) is 0 Å². The molecule has 2 rings (SSSR count). The van der Waals surface area contributed by atoms with Crippen LogP contribution in [0.5, 0.6) is 0 Å². The molecular formula is C15H13BrF3NO. The minimum Gasteiger partial charge on any atom is -0.327 e. The van der Waals surface area contributed by atoms with Gasteiger partial charge >= 0.3 is 6.18 Å². The minimum absolute atomic E-state index is 0.00132. The Bertz CT molecular complexity index is 588. The maximum atomic E-state index is 12.9. The Hall–Kier alpha value is -1.48. The summed E-state index contributed by atoms with van der Waals surface area (Å²) in [7, 11) is 0. The summed E-state index contributed by atoms with van der Waals surface area (Å²) in [5.41, 5.74) is -0.859. The van der Waals surface area contributed by atoms with Crippen LogP contribution < -0.4 is 0 Å². The zero-order valence-corrected chi connectivity index (χ0v) is 12.7. The Balaban J connectivity index is 2.27. The van der Waals surface area contributed by atoms with E-state index in [9.17, 15) is 18.0 Å². The van der Waals surface area contributed by atoms with Crippen LogP contribution in [0.15, 0.2) is 22.7 Å². The Morgan fingerprint density at radius 1 is 1.43 bits per heavy atom. The highest BCUT2D eigenvalue weighted by Gasteiger charge is 2.34. The number of carbonyl (C=O) groups is 1. The van der Waals surface area contributed by atoms with Gasteiger partial charge in [0.15, 0.2) is 0 Å². The van der Waals surface area contributed by atoms with Gasteiger partial charge in [0.1, 0.15) is 0 Å². The minimum atomic E-state index is -4.51. The van der Waals surface area contributed by atoms with Crippen LogP contribution in [-0.4, -0.2) is 23.9 Å². The third-order valence-corrected chi connectivity index (χ3v) is 3.96. The van der Waals surface area contributed by atoms with Crippen molar-refractivity contribution in [3.05, 3.63) is 33.8 Å². The smallest absolute Gasteiger partial charge is 0.327 e. The number of terminal acetylenes is 1. The summed E-state index contributed by atoms with van der Waals surface area (Å²) in [6.07, 6.45) is 2.78. The molecule has 0 bridgehead atoms. The van der Waals surface area contributed by atoms with E-state index in [2.05, 4.69) is 21.9 Å². The molecule has 0 spiro atoms. The lowest BCUT2D eigenvalue weighted by atomic mass is 10.1. The van der Waals surface area contributed by atoms with Crippen molar-refractivity contribution in [1.29, 1.82) is 0 Å². The van der Waals surface area contributed by atoms with Crippen molar-refractivity contribution >= 4 is 21.8 Å². The molecule has 1 fully saturated rings. The summed E-state index contributed by atoms with van der Waals surface area (Å²) in [4.78, 5) is 13.8. The van der Waals surface area contributed by atoms with Crippen LogP contribution in [0, 0.1) is 18.3 Å². The lowest BCUT2D eigenvalue weighted by Gasteiger charge is -2.21. The third-order valence-electron chi connectivity index (χ3n) is 3.26. The molecule has 1 aliphatic rings. The van der Waals surface area contributed by atoms with Gasteiger partial charge in [-0.25, -0.2) is 0 Å². The number of halogens is 4. The summed E-state index contributed by atoms with van der Waals surface area (Å²) in [6.45, 7) is 0.604. The summed E-state index contributed by atoms with van der Waals surface area (Å²) in [5.74, 6) is 2.34. The number of nitrogens with zero attached hydrogens (tertiary/aromatic N) is 1. The van der Waals surface area contributed by atoms with Gasteiger partial charge in [-0.3, -0.25) is 4.79 Å². The van der Waals surface area contributed by atoms with Gasteiger partial charge in [-0.05, 0) is 37.0 Å². The molecule has 112 valence electrons. The molecular weight excluding hydrogens is 347 g/mol. The number of amides is 1. The van der Waals surface area contributed by atoms with Crippen LogP contribution >= 0.6 is 15.9 Å². The number of hydrogen-bond acceptors (Lipinski definition) is 1. The van der Waals surface area contributed by atoms with E-state index in [4.69, 9.17) is 6.42 Å². The van der Waals surface area contributed by atoms with Crippen molar-refractivity contribution < 1.29 is 18.0 Å².